The quantitative estimate of drug-likeness (QED) is 0.664. The number of nitrogens with one attached hydrogen (secondary N) is 1. The zero-order valence-electron chi connectivity index (χ0n) is 11.8. The topological polar surface area (TPSA) is 58.0 Å². The van der Waals surface area contributed by atoms with Crippen molar-refractivity contribution < 1.29 is 13.9 Å². The van der Waals surface area contributed by atoms with Crippen LogP contribution in [0.25, 0.3) is 0 Å². The molecule has 0 bridgehead atoms. The fourth-order valence-electron chi connectivity index (χ4n) is 1.92. The van der Waals surface area contributed by atoms with Gasteiger partial charge in [0.25, 0.3) is 0 Å². The van der Waals surface area contributed by atoms with Crippen LogP contribution in [0.3, 0.4) is 0 Å². The summed E-state index contributed by atoms with van der Waals surface area (Å²) in [6.45, 7) is 0. The number of aliphatic hydroxyl groups is 1. The van der Waals surface area contributed by atoms with Crippen molar-refractivity contribution in [1.82, 2.24) is 10.2 Å². The average Bonchev–Trinajstić information content (AvgIpc) is 3.01. The zero-order chi connectivity index (χ0) is 17.3. The van der Waals surface area contributed by atoms with Gasteiger partial charge in [0.2, 0.25) is 5.13 Å². The van der Waals surface area contributed by atoms with Gasteiger partial charge in [-0.3, -0.25) is 0 Å². The van der Waals surface area contributed by atoms with Crippen LogP contribution in [0.1, 0.15) is 16.7 Å². The van der Waals surface area contributed by atoms with Crippen molar-refractivity contribution in [3.05, 3.63) is 68.6 Å². The highest BCUT2D eigenvalue weighted by Crippen LogP contribution is 2.31. The molecule has 0 amide bonds. The molecule has 0 fully saturated rings. The molecule has 4 nitrogen and oxygen atoms in total. The van der Waals surface area contributed by atoms with Gasteiger partial charge in [-0.25, -0.2) is 8.78 Å². The van der Waals surface area contributed by atoms with Crippen LogP contribution in [0, 0.1) is 11.6 Å². The standard InChI is InChI=1S/C15H9Cl2F2N3OS/c16-9-5-7(1-3-11(9)18)13(23)14-21-22-15(24-14)20-8-2-4-12(19)10(17)6-8/h1-6,13,23H,(H,20,22). The van der Waals surface area contributed by atoms with Crippen molar-refractivity contribution in [2.45, 2.75) is 6.10 Å². The number of hydrogen-bond donors (Lipinski definition) is 2. The Hall–Kier alpha value is -1.80. The number of aromatic nitrogens is 2. The third-order valence-corrected chi connectivity index (χ3v) is 4.58. The number of hydrogen-bond acceptors (Lipinski definition) is 5. The maximum Gasteiger partial charge on any atom is 0.210 e. The molecule has 1 aromatic heterocycles. The van der Waals surface area contributed by atoms with E-state index in [1.54, 1.807) is 0 Å². The number of benzene rings is 2. The molecule has 1 unspecified atom stereocenters. The summed E-state index contributed by atoms with van der Waals surface area (Å²) in [4.78, 5) is 0. The molecule has 2 N–H and O–H groups in total. The minimum absolute atomic E-state index is 0.0225. The first-order chi connectivity index (χ1) is 11.4. The largest absolute Gasteiger partial charge is 0.381 e. The minimum atomic E-state index is -1.09. The fourth-order valence-corrected chi connectivity index (χ4v) is 3.07. The van der Waals surface area contributed by atoms with Crippen LogP contribution in [0.5, 0.6) is 0 Å². The van der Waals surface area contributed by atoms with E-state index in [4.69, 9.17) is 23.2 Å². The summed E-state index contributed by atoms with van der Waals surface area (Å²) in [5.41, 5.74) is 0.928. The number of anilines is 2. The summed E-state index contributed by atoms with van der Waals surface area (Å²) in [6, 6.07) is 8.05. The van der Waals surface area contributed by atoms with E-state index in [0.717, 1.165) is 11.3 Å². The van der Waals surface area contributed by atoms with E-state index in [1.165, 1.54) is 36.4 Å². The van der Waals surface area contributed by atoms with Gasteiger partial charge in [-0.2, -0.15) is 0 Å². The summed E-state index contributed by atoms with van der Waals surface area (Å²) >= 11 is 12.5. The van der Waals surface area contributed by atoms with Crippen LogP contribution in [0.4, 0.5) is 19.6 Å². The summed E-state index contributed by atoms with van der Waals surface area (Å²) in [5, 5.41) is 21.6. The van der Waals surface area contributed by atoms with Crippen LogP contribution < -0.4 is 5.32 Å². The Morgan fingerprint density at radius 3 is 2.33 bits per heavy atom. The van der Waals surface area contributed by atoms with Crippen molar-refractivity contribution in [3.8, 4) is 0 Å². The molecule has 0 spiro atoms. The maximum absolute atomic E-state index is 13.2. The Kier molecular flexibility index (Phi) is 4.96. The molecule has 0 saturated heterocycles. The number of halogens is 4. The van der Waals surface area contributed by atoms with Gasteiger partial charge in [-0.1, -0.05) is 40.6 Å². The predicted octanol–water partition coefficient (Wildman–Crippen LogP) is 4.95. The fraction of sp³-hybridized carbons (Fsp3) is 0.0667. The Balaban J connectivity index is 1.79. The normalized spacial score (nSPS) is 12.2. The lowest BCUT2D eigenvalue weighted by molar-refractivity contribution is 0.219. The van der Waals surface area contributed by atoms with Crippen LogP contribution in [-0.2, 0) is 0 Å². The molecule has 3 rings (SSSR count). The van der Waals surface area contributed by atoms with Gasteiger partial charge in [0.05, 0.1) is 10.0 Å². The maximum atomic E-state index is 13.2. The second-order valence-corrected chi connectivity index (χ2v) is 6.60. The molecule has 0 radical (unpaired) electrons. The number of aliphatic hydroxyl groups excluding tert-OH is 1. The first-order valence-corrected chi connectivity index (χ1v) is 8.20. The van der Waals surface area contributed by atoms with Gasteiger partial charge in [-0.15, -0.1) is 10.2 Å². The van der Waals surface area contributed by atoms with E-state index < -0.39 is 17.7 Å². The summed E-state index contributed by atoms with van der Waals surface area (Å²) in [7, 11) is 0. The van der Waals surface area contributed by atoms with E-state index in [0.29, 0.717) is 21.4 Å². The molecular formula is C15H9Cl2F2N3OS. The lowest BCUT2D eigenvalue weighted by Gasteiger charge is -2.07. The first-order valence-electron chi connectivity index (χ1n) is 6.62. The van der Waals surface area contributed by atoms with Crippen LogP contribution in [0.2, 0.25) is 10.0 Å². The molecule has 0 aliphatic heterocycles. The molecule has 9 heteroatoms. The highest BCUT2D eigenvalue weighted by molar-refractivity contribution is 7.15. The van der Waals surface area contributed by atoms with Crippen molar-refractivity contribution in [3.63, 3.8) is 0 Å². The third-order valence-electron chi connectivity index (χ3n) is 3.10. The van der Waals surface area contributed by atoms with Crippen molar-refractivity contribution in [2.24, 2.45) is 0 Å². The van der Waals surface area contributed by atoms with E-state index in [-0.39, 0.29) is 10.0 Å². The Morgan fingerprint density at radius 1 is 1.00 bits per heavy atom. The third kappa shape index (κ3) is 3.64. The molecule has 3 aromatic rings. The van der Waals surface area contributed by atoms with E-state index in [9.17, 15) is 13.9 Å². The SMILES string of the molecule is OC(c1ccc(F)c(Cl)c1)c1nnc(Nc2ccc(F)c(Cl)c2)s1. The molecular weight excluding hydrogens is 379 g/mol. The van der Waals surface area contributed by atoms with E-state index in [1.807, 2.05) is 0 Å². The summed E-state index contributed by atoms with van der Waals surface area (Å²) < 4.78 is 26.3. The van der Waals surface area contributed by atoms with Gasteiger partial charge in [0, 0.05) is 5.69 Å². The smallest absolute Gasteiger partial charge is 0.210 e. The highest BCUT2D eigenvalue weighted by atomic mass is 35.5. The van der Waals surface area contributed by atoms with Crippen molar-refractivity contribution >= 4 is 45.4 Å². The predicted molar refractivity (Wildman–Crippen MR) is 90.1 cm³/mol. The van der Waals surface area contributed by atoms with Gasteiger partial charge in [-0.05, 0) is 35.9 Å². The van der Waals surface area contributed by atoms with Gasteiger partial charge in [0.15, 0.2) is 5.01 Å². The summed E-state index contributed by atoms with van der Waals surface area (Å²) in [5.74, 6) is -1.09. The monoisotopic (exact) mass is 387 g/mol. The highest BCUT2D eigenvalue weighted by Gasteiger charge is 2.17. The first kappa shape index (κ1) is 17.0. The molecule has 0 saturated carbocycles. The molecule has 1 atom stereocenters. The number of nitrogens with zero attached hydrogens (tertiary/aromatic N) is 2. The average molecular weight is 388 g/mol. The number of rotatable bonds is 4. The van der Waals surface area contributed by atoms with Crippen LogP contribution >= 0.6 is 34.5 Å². The molecule has 0 aliphatic carbocycles. The van der Waals surface area contributed by atoms with Gasteiger partial charge in [0.1, 0.15) is 17.7 Å². The lowest BCUT2D eigenvalue weighted by atomic mass is 10.1. The van der Waals surface area contributed by atoms with Crippen molar-refractivity contribution in [2.75, 3.05) is 5.32 Å². The lowest BCUT2D eigenvalue weighted by Crippen LogP contribution is -1.99. The second-order valence-electron chi connectivity index (χ2n) is 4.78. The Morgan fingerprint density at radius 2 is 1.67 bits per heavy atom. The summed E-state index contributed by atoms with van der Waals surface area (Å²) in [6.07, 6.45) is -1.09. The van der Waals surface area contributed by atoms with E-state index >= 15 is 0 Å². The molecule has 1 heterocycles. The Bertz CT molecular complexity index is 891. The Labute approximate surface area is 149 Å². The molecule has 0 aliphatic rings. The molecule has 124 valence electrons. The molecule has 2 aromatic carbocycles. The van der Waals surface area contributed by atoms with E-state index in [2.05, 4.69) is 15.5 Å². The molecule has 24 heavy (non-hydrogen) atoms. The van der Waals surface area contributed by atoms with Gasteiger partial charge >= 0.3 is 0 Å². The van der Waals surface area contributed by atoms with Gasteiger partial charge < -0.3 is 10.4 Å². The second kappa shape index (κ2) is 6.98. The zero-order valence-corrected chi connectivity index (χ0v) is 14.1. The minimum Gasteiger partial charge on any atom is -0.381 e. The van der Waals surface area contributed by atoms with Crippen molar-refractivity contribution in [1.29, 1.82) is 0 Å². The van der Waals surface area contributed by atoms with Crippen LogP contribution in [-0.4, -0.2) is 15.3 Å². The van der Waals surface area contributed by atoms with Crippen LogP contribution in [0.15, 0.2) is 36.4 Å².